The Morgan fingerprint density at radius 3 is 2.14 bits per heavy atom. The number of halogens is 1. The number of rotatable bonds is 2. The van der Waals surface area contributed by atoms with Crippen LogP contribution in [0.4, 0.5) is 14.9 Å². The van der Waals surface area contributed by atoms with Crippen molar-refractivity contribution in [1.82, 2.24) is 4.98 Å². The molecular weight excluding hydrogens is 291 g/mol. The highest BCUT2D eigenvalue weighted by atomic mass is 19.1. The van der Waals surface area contributed by atoms with Crippen LogP contribution < -0.4 is 5.32 Å². The van der Waals surface area contributed by atoms with E-state index in [9.17, 15) is 14.0 Å². The number of pyridine rings is 1. The average molecular weight is 312 g/mol. The Hall–Kier alpha value is -2.18. The highest BCUT2D eigenvalue weighted by molar-refractivity contribution is 5.99. The van der Waals surface area contributed by atoms with E-state index in [2.05, 4.69) is 10.3 Å². The van der Waals surface area contributed by atoms with Gasteiger partial charge in [0.25, 0.3) is 0 Å². The van der Waals surface area contributed by atoms with Gasteiger partial charge < -0.3 is 9.47 Å². The number of esters is 1. The van der Waals surface area contributed by atoms with Gasteiger partial charge >= 0.3 is 12.1 Å². The second kappa shape index (κ2) is 6.29. The van der Waals surface area contributed by atoms with Crippen LogP contribution in [0.25, 0.3) is 0 Å². The van der Waals surface area contributed by atoms with Gasteiger partial charge in [0.2, 0.25) is 5.95 Å². The molecule has 1 aromatic rings. The normalized spacial score (nSPS) is 11.8. The fraction of sp³-hybridized carbons (Fsp3) is 0.533. The Labute approximate surface area is 129 Å². The first kappa shape index (κ1) is 17.9. The zero-order valence-corrected chi connectivity index (χ0v) is 13.6. The third-order valence-electron chi connectivity index (χ3n) is 2.13. The monoisotopic (exact) mass is 312 g/mol. The van der Waals surface area contributed by atoms with E-state index < -0.39 is 29.2 Å². The highest BCUT2D eigenvalue weighted by Gasteiger charge is 2.23. The van der Waals surface area contributed by atoms with Crippen LogP contribution in [0.2, 0.25) is 0 Å². The first-order valence-electron chi connectivity index (χ1n) is 6.76. The maximum absolute atomic E-state index is 13.3. The summed E-state index contributed by atoms with van der Waals surface area (Å²) in [4.78, 5) is 27.3. The van der Waals surface area contributed by atoms with Crippen molar-refractivity contribution in [3.8, 4) is 0 Å². The molecule has 6 nitrogen and oxygen atoms in total. The maximum Gasteiger partial charge on any atom is 0.412 e. The summed E-state index contributed by atoms with van der Waals surface area (Å²) >= 11 is 0. The number of nitrogens with one attached hydrogen (secondary N) is 1. The number of amides is 1. The van der Waals surface area contributed by atoms with Crippen LogP contribution in [0.15, 0.2) is 12.3 Å². The molecule has 122 valence electrons. The van der Waals surface area contributed by atoms with E-state index in [0.29, 0.717) is 0 Å². The molecule has 0 aliphatic carbocycles. The van der Waals surface area contributed by atoms with Crippen molar-refractivity contribution in [1.29, 1.82) is 0 Å². The molecule has 1 N–H and O–H groups in total. The molecule has 7 heteroatoms. The maximum atomic E-state index is 13.3. The van der Waals surface area contributed by atoms with Crippen molar-refractivity contribution in [2.45, 2.75) is 52.7 Å². The Morgan fingerprint density at radius 2 is 1.64 bits per heavy atom. The summed E-state index contributed by atoms with van der Waals surface area (Å²) in [5.74, 6) is -1.62. The Balaban J connectivity index is 3.01. The first-order valence-corrected chi connectivity index (χ1v) is 6.76. The second-order valence-corrected chi connectivity index (χ2v) is 6.68. The van der Waals surface area contributed by atoms with Crippen molar-refractivity contribution in [3.05, 3.63) is 23.8 Å². The zero-order valence-electron chi connectivity index (χ0n) is 13.6. The molecule has 1 rings (SSSR count). The van der Waals surface area contributed by atoms with Gasteiger partial charge in [-0.2, -0.15) is 4.39 Å². The van der Waals surface area contributed by atoms with Gasteiger partial charge in [0.15, 0.2) is 0 Å². The largest absolute Gasteiger partial charge is 0.456 e. The SMILES string of the molecule is CC(C)(C)OC(=O)Nc1cnc(F)cc1C(=O)OC(C)(C)C. The molecule has 22 heavy (non-hydrogen) atoms. The molecule has 1 aromatic heterocycles. The smallest absolute Gasteiger partial charge is 0.412 e. The Bertz CT molecular complexity index is 574. The lowest BCUT2D eigenvalue weighted by molar-refractivity contribution is 0.00700. The zero-order chi connectivity index (χ0) is 17.1. The van der Waals surface area contributed by atoms with Crippen molar-refractivity contribution >= 4 is 17.7 Å². The molecule has 0 aromatic carbocycles. The van der Waals surface area contributed by atoms with E-state index in [1.165, 1.54) is 0 Å². The summed E-state index contributed by atoms with van der Waals surface area (Å²) in [6.45, 7) is 10.1. The van der Waals surface area contributed by atoms with Crippen molar-refractivity contribution in [2.24, 2.45) is 0 Å². The second-order valence-electron chi connectivity index (χ2n) is 6.68. The van der Waals surface area contributed by atoms with Crippen LogP contribution in [0, 0.1) is 5.95 Å². The Kier molecular flexibility index (Phi) is 5.11. The number of hydrogen-bond donors (Lipinski definition) is 1. The molecule has 0 spiro atoms. The van der Waals surface area contributed by atoms with Crippen LogP contribution in [-0.2, 0) is 9.47 Å². The fourth-order valence-corrected chi connectivity index (χ4v) is 1.45. The van der Waals surface area contributed by atoms with Crippen molar-refractivity contribution in [2.75, 3.05) is 5.32 Å². The van der Waals surface area contributed by atoms with Gasteiger partial charge in [-0.3, -0.25) is 5.32 Å². The third-order valence-corrected chi connectivity index (χ3v) is 2.13. The van der Waals surface area contributed by atoms with Gasteiger partial charge in [-0.25, -0.2) is 14.6 Å². The molecular formula is C15H21FN2O4. The molecule has 0 aliphatic rings. The number of aromatic nitrogens is 1. The fourth-order valence-electron chi connectivity index (χ4n) is 1.45. The molecule has 0 unspecified atom stereocenters. The van der Waals surface area contributed by atoms with E-state index in [-0.39, 0.29) is 11.3 Å². The number of ether oxygens (including phenoxy) is 2. The molecule has 0 saturated carbocycles. The van der Waals surface area contributed by atoms with E-state index >= 15 is 0 Å². The van der Waals surface area contributed by atoms with Crippen LogP contribution in [0.1, 0.15) is 51.9 Å². The van der Waals surface area contributed by atoms with Crippen LogP contribution in [0.3, 0.4) is 0 Å². The first-order chi connectivity index (χ1) is 9.87. The molecule has 0 aliphatic heterocycles. The summed E-state index contributed by atoms with van der Waals surface area (Å²) < 4.78 is 23.5. The summed E-state index contributed by atoms with van der Waals surface area (Å²) in [5, 5.41) is 2.37. The topological polar surface area (TPSA) is 77.5 Å². The minimum atomic E-state index is -0.851. The van der Waals surface area contributed by atoms with Crippen molar-refractivity contribution in [3.63, 3.8) is 0 Å². The lowest BCUT2D eigenvalue weighted by atomic mass is 10.1. The van der Waals surface area contributed by atoms with Crippen LogP contribution >= 0.6 is 0 Å². The lowest BCUT2D eigenvalue weighted by Gasteiger charge is -2.22. The van der Waals surface area contributed by atoms with Crippen LogP contribution in [0.5, 0.6) is 0 Å². The molecule has 0 fully saturated rings. The standard InChI is InChI=1S/C15H21FN2O4/c1-14(2,3)21-12(19)9-7-11(16)17-8-10(9)18-13(20)22-15(4,5)6/h7-8H,1-6H3,(H,18,20). The van der Waals surface area contributed by atoms with Crippen LogP contribution in [-0.4, -0.2) is 28.2 Å². The van der Waals surface area contributed by atoms with Gasteiger partial charge in [-0.1, -0.05) is 0 Å². The Morgan fingerprint density at radius 1 is 1.09 bits per heavy atom. The van der Waals surface area contributed by atoms with Crippen molar-refractivity contribution < 1.29 is 23.5 Å². The molecule has 0 bridgehead atoms. The van der Waals surface area contributed by atoms with Gasteiger partial charge in [-0.15, -0.1) is 0 Å². The summed E-state index contributed by atoms with van der Waals surface area (Å²) in [5.41, 5.74) is -1.57. The van der Waals surface area contributed by atoms with E-state index in [4.69, 9.17) is 9.47 Å². The lowest BCUT2D eigenvalue weighted by Crippen LogP contribution is -2.29. The highest BCUT2D eigenvalue weighted by Crippen LogP contribution is 2.20. The summed E-state index contributed by atoms with van der Waals surface area (Å²) in [6, 6.07) is 0.904. The summed E-state index contributed by atoms with van der Waals surface area (Å²) in [6.07, 6.45) is 0.268. The number of carbonyl (C=O) groups excluding carboxylic acids is 2. The quantitative estimate of drug-likeness (QED) is 0.668. The average Bonchev–Trinajstić information content (AvgIpc) is 2.26. The van der Waals surface area contributed by atoms with Gasteiger partial charge in [0, 0.05) is 6.07 Å². The predicted octanol–water partition coefficient (Wildman–Crippen LogP) is 3.52. The molecule has 0 radical (unpaired) electrons. The minimum Gasteiger partial charge on any atom is -0.456 e. The number of anilines is 1. The third kappa shape index (κ3) is 6.07. The van der Waals surface area contributed by atoms with Gasteiger partial charge in [0.05, 0.1) is 17.4 Å². The predicted molar refractivity (Wildman–Crippen MR) is 79.2 cm³/mol. The molecule has 1 amide bonds. The van der Waals surface area contributed by atoms with E-state index in [0.717, 1.165) is 12.3 Å². The molecule has 0 atom stereocenters. The number of carbonyl (C=O) groups is 2. The van der Waals surface area contributed by atoms with Gasteiger partial charge in [-0.05, 0) is 41.5 Å². The van der Waals surface area contributed by atoms with E-state index in [1.807, 2.05) is 0 Å². The molecule has 1 heterocycles. The summed E-state index contributed by atoms with van der Waals surface area (Å²) in [7, 11) is 0. The number of nitrogens with zero attached hydrogens (tertiary/aromatic N) is 1. The minimum absolute atomic E-state index is 0.0184. The number of hydrogen-bond acceptors (Lipinski definition) is 5. The molecule has 0 saturated heterocycles. The van der Waals surface area contributed by atoms with E-state index in [1.54, 1.807) is 41.5 Å². The van der Waals surface area contributed by atoms with Gasteiger partial charge in [0.1, 0.15) is 11.2 Å².